The van der Waals surface area contributed by atoms with Crippen molar-refractivity contribution >= 4 is 58.3 Å². The van der Waals surface area contributed by atoms with Crippen LogP contribution in [-0.4, -0.2) is 44.6 Å². The Morgan fingerprint density at radius 1 is 0.463 bits per heavy atom. The van der Waals surface area contributed by atoms with Gasteiger partial charge < -0.3 is 59.5 Å². The van der Waals surface area contributed by atoms with E-state index in [9.17, 15) is 0 Å². The maximum absolute atomic E-state index is 5.32. The van der Waals surface area contributed by atoms with E-state index in [-0.39, 0.29) is 17.1 Å². The van der Waals surface area contributed by atoms with Crippen LogP contribution in [0.4, 0.5) is 0 Å². The molecule has 0 saturated carbocycles. The predicted octanol–water partition coefficient (Wildman–Crippen LogP) is 11.1. The average molecular weight is 697 g/mol. The monoisotopic (exact) mass is 695 g/mol. The molecular formula is C34H68CuN2S4. The van der Waals surface area contributed by atoms with E-state index >= 15 is 0 Å². The van der Waals surface area contributed by atoms with E-state index in [0.29, 0.717) is 8.64 Å². The molecule has 0 aliphatic rings. The van der Waals surface area contributed by atoms with Crippen LogP contribution < -0.4 is 0 Å². The Morgan fingerprint density at radius 2 is 0.659 bits per heavy atom. The molecule has 0 aromatic heterocycles. The number of unbranched alkanes of at least 4 members (excludes halogenated alkanes) is 4. The molecule has 0 amide bonds. The number of rotatable bonds is 24. The molecule has 0 spiro atoms. The molecule has 0 saturated heterocycles. The Kier molecular flexibility index (Phi) is 36.2. The number of hydrogen-bond donors (Lipinski definition) is 0. The van der Waals surface area contributed by atoms with Crippen molar-refractivity contribution in [2.45, 2.75) is 158 Å². The zero-order valence-corrected chi connectivity index (χ0v) is 32.5. The Labute approximate surface area is 291 Å². The smallest absolute Gasteiger partial charge is 0.411 e. The number of thiocarbonyl (C=S) groups is 2. The Morgan fingerprint density at radius 3 is 0.780 bits per heavy atom. The second-order valence-corrected chi connectivity index (χ2v) is 14.1. The summed E-state index contributed by atoms with van der Waals surface area (Å²) in [6, 6.07) is 0. The van der Waals surface area contributed by atoms with E-state index in [2.05, 4.69) is 65.2 Å². The minimum Gasteiger partial charge on any atom is -0.411 e. The first-order valence-corrected chi connectivity index (χ1v) is 18.7. The molecule has 1 radical (unpaired) electrons. The zero-order valence-electron chi connectivity index (χ0n) is 28.3. The van der Waals surface area contributed by atoms with Gasteiger partial charge in [-0.3, -0.25) is 0 Å². The van der Waals surface area contributed by atoms with Gasteiger partial charge in [0, 0.05) is 26.2 Å². The third-order valence-electron chi connectivity index (χ3n) is 8.60. The van der Waals surface area contributed by atoms with Crippen LogP contribution in [0.1, 0.15) is 158 Å². The first kappa shape index (κ1) is 46.2. The molecule has 41 heavy (non-hydrogen) atoms. The SMILES string of the molecule is CCCCC(CC)CN(CC(CC)CCCC)C(=S)[S-].CCCCC(CC)CN(CC(CC)CCCC)C(=S)[S-].[Cu+2]. The van der Waals surface area contributed by atoms with Gasteiger partial charge in [0.2, 0.25) is 0 Å². The molecule has 0 bridgehead atoms. The third kappa shape index (κ3) is 25.7. The minimum absolute atomic E-state index is 0. The van der Waals surface area contributed by atoms with E-state index in [4.69, 9.17) is 49.7 Å². The van der Waals surface area contributed by atoms with Crippen LogP contribution in [0.2, 0.25) is 0 Å². The average Bonchev–Trinajstić information content (AvgIpc) is 2.95. The van der Waals surface area contributed by atoms with Gasteiger partial charge in [-0.25, -0.2) is 0 Å². The van der Waals surface area contributed by atoms with Gasteiger partial charge in [0.15, 0.2) is 0 Å². The minimum atomic E-state index is 0. The van der Waals surface area contributed by atoms with Crippen molar-refractivity contribution in [3.8, 4) is 0 Å². The summed E-state index contributed by atoms with van der Waals surface area (Å²) >= 11 is 21.3. The number of hydrogen-bond acceptors (Lipinski definition) is 4. The molecule has 0 fully saturated rings. The van der Waals surface area contributed by atoms with Crippen LogP contribution in [0, 0.1) is 23.7 Å². The molecule has 0 aromatic rings. The third-order valence-corrected chi connectivity index (χ3v) is 9.64. The van der Waals surface area contributed by atoms with Gasteiger partial charge in [-0.15, -0.1) is 0 Å². The largest absolute Gasteiger partial charge is 2.00 e. The fraction of sp³-hybridized carbons (Fsp3) is 0.941. The van der Waals surface area contributed by atoms with Gasteiger partial charge in [-0.1, -0.05) is 141 Å². The van der Waals surface area contributed by atoms with Crippen molar-refractivity contribution in [3.63, 3.8) is 0 Å². The summed E-state index contributed by atoms with van der Waals surface area (Å²) in [4.78, 5) is 4.61. The maximum Gasteiger partial charge on any atom is 2.00 e. The van der Waals surface area contributed by atoms with Crippen molar-refractivity contribution < 1.29 is 17.1 Å². The maximum atomic E-state index is 5.32. The molecule has 0 N–H and O–H groups in total. The molecule has 4 unspecified atom stereocenters. The van der Waals surface area contributed by atoms with Crippen molar-refractivity contribution in [1.29, 1.82) is 0 Å². The second kappa shape index (κ2) is 32.1. The second-order valence-electron chi connectivity index (χ2n) is 12.0. The Hall–Kier alpha value is 0.739. The molecule has 0 aromatic carbocycles. The van der Waals surface area contributed by atoms with Crippen molar-refractivity contribution in [3.05, 3.63) is 0 Å². The number of nitrogens with zero attached hydrogens (tertiary/aromatic N) is 2. The zero-order chi connectivity index (χ0) is 30.8. The summed E-state index contributed by atoms with van der Waals surface area (Å²) in [6.45, 7) is 22.5. The van der Waals surface area contributed by atoms with Crippen molar-refractivity contribution in [1.82, 2.24) is 9.80 Å². The van der Waals surface area contributed by atoms with E-state index < -0.39 is 0 Å². The molecule has 0 aliphatic heterocycles. The predicted molar refractivity (Wildman–Crippen MR) is 196 cm³/mol. The molecule has 249 valence electrons. The van der Waals surface area contributed by atoms with Gasteiger partial charge in [-0.05, 0) is 49.4 Å². The molecule has 4 atom stereocenters. The summed E-state index contributed by atoms with van der Waals surface area (Å²) in [5, 5.41) is 0. The summed E-state index contributed by atoms with van der Waals surface area (Å²) in [6.07, 6.45) is 20.6. The summed E-state index contributed by atoms with van der Waals surface area (Å²) in [5.74, 6) is 3.00. The van der Waals surface area contributed by atoms with Gasteiger partial charge in [0.25, 0.3) is 0 Å². The molecule has 0 heterocycles. The van der Waals surface area contributed by atoms with Crippen molar-refractivity contribution in [2.75, 3.05) is 26.2 Å². The van der Waals surface area contributed by atoms with Crippen LogP contribution in [-0.2, 0) is 42.3 Å². The van der Waals surface area contributed by atoms with Crippen LogP contribution in [0.15, 0.2) is 0 Å². The van der Waals surface area contributed by atoms with Crippen LogP contribution in [0.25, 0.3) is 0 Å². The van der Waals surface area contributed by atoms with Gasteiger partial charge in [-0.2, -0.15) is 0 Å². The Bertz CT molecular complexity index is 507. The summed E-state index contributed by atoms with van der Waals surface area (Å²) in [7, 11) is 0. The van der Waals surface area contributed by atoms with Gasteiger partial charge in [0.1, 0.15) is 0 Å². The van der Waals surface area contributed by atoms with Crippen LogP contribution in [0.3, 0.4) is 0 Å². The van der Waals surface area contributed by atoms with E-state index in [1.54, 1.807) is 0 Å². The molecule has 2 nitrogen and oxygen atoms in total. The molecule has 7 heteroatoms. The fourth-order valence-corrected chi connectivity index (χ4v) is 5.96. The first-order chi connectivity index (χ1) is 19.2. The summed E-state index contributed by atoms with van der Waals surface area (Å²) < 4.78 is 1.35. The standard InChI is InChI=1S/2C17H35NS2.Cu/c2*1-5-9-11-15(7-3)13-18(17(19)20)14-16(8-4)12-10-6-2;/h2*15-16H,5-14H2,1-4H3,(H,19,20);/q;;+2/p-2. The van der Waals surface area contributed by atoms with Gasteiger partial charge >= 0.3 is 17.1 Å². The van der Waals surface area contributed by atoms with Crippen molar-refractivity contribution in [2.24, 2.45) is 23.7 Å². The molecule has 0 aliphatic carbocycles. The van der Waals surface area contributed by atoms with E-state index in [0.717, 1.165) is 49.9 Å². The topological polar surface area (TPSA) is 6.48 Å². The van der Waals surface area contributed by atoms with Crippen LogP contribution in [0.5, 0.6) is 0 Å². The fourth-order valence-electron chi connectivity index (χ4n) is 5.36. The van der Waals surface area contributed by atoms with E-state index in [1.807, 2.05) is 0 Å². The van der Waals surface area contributed by atoms with Gasteiger partial charge in [0.05, 0.1) is 0 Å². The van der Waals surface area contributed by atoms with E-state index in [1.165, 1.54) is 103 Å². The first-order valence-electron chi connectivity index (χ1n) is 17.1. The molecular weight excluding hydrogens is 628 g/mol. The summed E-state index contributed by atoms with van der Waals surface area (Å²) in [5.41, 5.74) is 0. The molecule has 0 rings (SSSR count). The quantitative estimate of drug-likeness (QED) is 0.0559. The van der Waals surface area contributed by atoms with Crippen LogP contribution >= 0.6 is 24.4 Å². The normalized spacial score (nSPS) is 13.7. The Balaban J connectivity index is -0.000000688.